The normalized spacial score (nSPS) is 27.0. The Bertz CT molecular complexity index is 4380. The first kappa shape index (κ1) is 85.3. The molecule has 16 N–H and O–H groups in total. The molecule has 33 heteroatoms. The van der Waals surface area contributed by atoms with Crippen molar-refractivity contribution in [3.8, 4) is 16.9 Å². The molecule has 1 unspecified atom stereocenters. The van der Waals surface area contributed by atoms with Gasteiger partial charge in [-0.15, -0.1) is 0 Å². The number of carbonyl (C=O) groups excluding carboxylic acids is 7. The van der Waals surface area contributed by atoms with E-state index in [1.54, 1.807) is 23.7 Å². The number of fused-ring (bicyclic) bond motifs is 9. The van der Waals surface area contributed by atoms with Gasteiger partial charge in [0, 0.05) is 145 Å². The number of ether oxygens (including phenoxy) is 3. The van der Waals surface area contributed by atoms with Crippen LogP contribution in [0.4, 0.5) is 10.5 Å². The van der Waals surface area contributed by atoms with Gasteiger partial charge in [-0.2, -0.15) is 11.8 Å². The Kier molecular flexibility index (Phi) is 26.8. The smallest absolute Gasteiger partial charge is 0.426 e. The van der Waals surface area contributed by atoms with E-state index in [-0.39, 0.29) is 62.1 Å². The molecule has 2 bridgehead atoms. The first-order valence-corrected chi connectivity index (χ1v) is 42.6. The molecule has 0 radical (unpaired) electrons. The Morgan fingerprint density at radius 3 is 2.14 bits per heavy atom. The van der Waals surface area contributed by atoms with E-state index < -0.39 is 155 Å². The van der Waals surface area contributed by atoms with Crippen LogP contribution >= 0.6 is 33.3 Å². The van der Waals surface area contributed by atoms with Gasteiger partial charge in [-0.1, -0.05) is 121 Å². The third kappa shape index (κ3) is 16.3. The van der Waals surface area contributed by atoms with Gasteiger partial charge in [-0.05, 0) is 103 Å². The summed E-state index contributed by atoms with van der Waals surface area (Å²) in [6.45, 7) is 5.85. The largest absolute Gasteiger partial charge is 0.496 e. The maximum absolute atomic E-state index is 15.6. The lowest BCUT2D eigenvalue weighted by atomic mass is 9.47. The number of piperidine rings is 1. The Morgan fingerprint density at radius 1 is 0.763 bits per heavy atom. The second-order valence-electron chi connectivity index (χ2n) is 31.3. The molecule has 618 valence electrons. The summed E-state index contributed by atoms with van der Waals surface area (Å²) >= 11 is 1.58. The van der Waals surface area contributed by atoms with Crippen LogP contribution < -0.4 is 41.8 Å². The number of aromatic amines is 1. The molecule has 5 aromatic rings. The van der Waals surface area contributed by atoms with Crippen LogP contribution in [-0.2, 0) is 60.3 Å². The summed E-state index contributed by atoms with van der Waals surface area (Å²) in [4.78, 5) is 122. The molecular formula is C81H106N10O20S3. The number of hydrogen-bond acceptors (Lipinski definition) is 25. The number of aromatic nitrogens is 1. The van der Waals surface area contributed by atoms with E-state index in [4.69, 9.17) is 19.3 Å². The number of H-pyrrole nitrogens is 1. The molecule has 6 amide bonds. The summed E-state index contributed by atoms with van der Waals surface area (Å²) in [5.74, 6) is -5.78. The number of esters is 1. The van der Waals surface area contributed by atoms with E-state index in [2.05, 4.69) is 71.2 Å². The minimum absolute atomic E-state index is 0.0376. The van der Waals surface area contributed by atoms with Crippen LogP contribution in [0.15, 0.2) is 97.1 Å². The molecule has 7 aliphatic rings. The third-order valence-electron chi connectivity index (χ3n) is 24.8. The zero-order valence-electron chi connectivity index (χ0n) is 64.8. The van der Waals surface area contributed by atoms with Crippen LogP contribution in [0.1, 0.15) is 112 Å². The Morgan fingerprint density at radius 2 is 1.45 bits per heavy atom. The molecular weight excluding hydrogens is 1530 g/mol. The van der Waals surface area contributed by atoms with Gasteiger partial charge in [0.25, 0.3) is 5.91 Å². The second-order valence-corrected chi connectivity index (χ2v) is 35.1. The van der Waals surface area contributed by atoms with Crippen molar-refractivity contribution in [2.45, 2.75) is 161 Å². The van der Waals surface area contributed by atoms with Crippen molar-refractivity contribution in [2.75, 3.05) is 108 Å². The summed E-state index contributed by atoms with van der Waals surface area (Å²) in [6, 6.07) is 23.3. The van der Waals surface area contributed by atoms with Gasteiger partial charge in [0.1, 0.15) is 54.3 Å². The summed E-state index contributed by atoms with van der Waals surface area (Å²) in [7, 11) is 6.73. The molecule has 17 atom stereocenters. The topological polar surface area (TPSA) is 444 Å². The molecule has 114 heavy (non-hydrogen) atoms. The fourth-order valence-electron chi connectivity index (χ4n) is 19.2. The summed E-state index contributed by atoms with van der Waals surface area (Å²) in [5, 5.41) is 110. The first-order valence-electron chi connectivity index (χ1n) is 38.9. The number of benzene rings is 4. The fourth-order valence-corrected chi connectivity index (χ4v) is 22.2. The number of nitrogens with one attached hydrogen (secondary N) is 7. The van der Waals surface area contributed by atoms with Gasteiger partial charge >= 0.3 is 18.0 Å². The maximum atomic E-state index is 15.6. The van der Waals surface area contributed by atoms with Crippen molar-refractivity contribution in [3.05, 3.63) is 131 Å². The lowest BCUT2D eigenvalue weighted by Crippen LogP contribution is -2.82. The van der Waals surface area contributed by atoms with Crippen molar-refractivity contribution in [1.29, 1.82) is 0 Å². The Balaban J connectivity index is 0.696. The van der Waals surface area contributed by atoms with Crippen molar-refractivity contribution >= 4 is 97.5 Å². The molecule has 1 saturated carbocycles. The molecule has 3 fully saturated rings. The highest BCUT2D eigenvalue weighted by Crippen LogP contribution is 2.68. The van der Waals surface area contributed by atoms with Crippen molar-refractivity contribution in [2.24, 2.45) is 17.3 Å². The number of hydrogen-bond donors (Lipinski definition) is 16. The fraction of sp³-hybridized carbons (Fsp3) is 0.556. The van der Waals surface area contributed by atoms with Crippen LogP contribution in [0.2, 0.25) is 0 Å². The maximum Gasteiger partial charge on any atom is 0.426 e. The van der Waals surface area contributed by atoms with Gasteiger partial charge in [0.15, 0.2) is 5.60 Å². The molecule has 2 saturated heterocycles. The van der Waals surface area contributed by atoms with E-state index in [9.17, 15) is 69.6 Å². The van der Waals surface area contributed by atoms with E-state index in [1.165, 1.54) is 32.3 Å². The standard InChI is InChI=1S/C81H106N10O20S3/c1-7-77(107)36-46-37-80(75(105)110-6,67-52(24-29-90(40-46)44-77)51-20-13-14-21-56(51)84-67)55-34-54-59(35-62(55)109-5)89(4)72-79(54)27-30-91-28-15-26-78(8-2,71(79)91)73(103)81(72,108)74(104)87-88-76(106)111-31-33-113-114-43-58(70(101)102)86-69(100)57(85-68(99)45(3)22-23-63(95)83-39-60(93)65(97)66(98)61(94)41-92)38-82-64(96)25-32-112-42-53-49-18-11-9-16-47(49)48-17-10-12-19-50(48)53/h9-21,26,34-35,45-46,53,57-58,60-61,65-66,71-73,84,92-94,97-98,103,107-108H,7-8,22-25,27-33,36-44H2,1-6H3,(H,82,96)(H,83,95)(H,85,99)(H,86,100)(H,87,104)(H,88,106)(H,101,102)/t45-,46+,57-,58-,60-,61+,65+,66+,71-,72+,73+,77-,78+,79+,80-,81-/m0/s1. The molecule has 1 spiro atoms. The number of carboxylic acids is 1. The van der Waals surface area contributed by atoms with Gasteiger partial charge < -0.3 is 91.3 Å². The minimum Gasteiger partial charge on any atom is -0.496 e. The van der Waals surface area contributed by atoms with Crippen LogP contribution in [0.5, 0.6) is 5.75 Å². The van der Waals surface area contributed by atoms with Crippen LogP contribution in [0.25, 0.3) is 22.0 Å². The SMILES string of the molecule is CC[C@]1(O)C[C@H]2CN(CCc3c([nH]c4ccccc34)[C@@](C(=O)OC)(c3cc4c(cc3OC)N(C)[C@H]3[C@@](O)(C(=O)NNC(=O)OCCSSC[C@H](NC(=O)[C@H](CNC(=O)CCSCC5c6ccccc6-c6ccccc65)NC(=O)[C@@H](C)CCC(=O)NC[C@H](O)[C@@H](O)[C@H](O)[C@H](O)CO)C(=O)O)[C@H](O)[C@]5(CC)C=CCN6CC[C@]43[C@@H]65)C2)C1. The number of carbonyl (C=O) groups is 8. The first-order chi connectivity index (χ1) is 54.6. The number of aliphatic hydroxyl groups excluding tert-OH is 6. The number of rotatable bonds is 33. The van der Waals surface area contributed by atoms with Gasteiger partial charge in [-0.25, -0.2) is 15.0 Å². The average Bonchev–Trinajstić information content (AvgIpc) is 1.46. The monoisotopic (exact) mass is 1630 g/mol. The van der Waals surface area contributed by atoms with E-state index in [0.29, 0.717) is 98.2 Å². The number of likely N-dealkylation sites (N-methyl/N-ethyl adjacent to an activating group) is 1. The van der Waals surface area contributed by atoms with Crippen LogP contribution in [0.3, 0.4) is 0 Å². The molecule has 4 aromatic carbocycles. The summed E-state index contributed by atoms with van der Waals surface area (Å²) < 4.78 is 17.9. The quantitative estimate of drug-likeness (QED) is 0.00943. The Labute approximate surface area is 673 Å². The lowest BCUT2D eigenvalue weighted by Gasteiger charge is -2.63. The highest BCUT2D eigenvalue weighted by atomic mass is 33.1. The van der Waals surface area contributed by atoms with Crippen molar-refractivity contribution < 1.29 is 98.5 Å². The number of hydrazine groups is 1. The van der Waals surface area contributed by atoms with Crippen LogP contribution in [0, 0.1) is 17.3 Å². The predicted octanol–water partition coefficient (Wildman–Crippen LogP) is 2.46. The number of amides is 6. The number of aliphatic carboxylic acids is 1. The molecule has 1 aromatic heterocycles. The van der Waals surface area contributed by atoms with E-state index >= 15 is 9.59 Å². The second kappa shape index (κ2) is 35.8. The molecule has 30 nitrogen and oxygen atoms in total. The summed E-state index contributed by atoms with van der Waals surface area (Å²) in [6.07, 6.45) is -4.44. The number of para-hydroxylation sites is 1. The van der Waals surface area contributed by atoms with E-state index in [1.807, 2.05) is 86.7 Å². The molecule has 5 aliphatic heterocycles. The summed E-state index contributed by atoms with van der Waals surface area (Å²) in [5.41, 5.74) is 5.86. The van der Waals surface area contributed by atoms with E-state index in [0.717, 1.165) is 49.2 Å². The molecule has 2 aliphatic carbocycles. The van der Waals surface area contributed by atoms with Crippen molar-refractivity contribution in [3.63, 3.8) is 0 Å². The molecule has 12 rings (SSSR count). The van der Waals surface area contributed by atoms with Crippen LogP contribution in [-0.4, -0.2) is 278 Å². The number of nitrogens with zero attached hydrogens (tertiary/aromatic N) is 3. The lowest BCUT2D eigenvalue weighted by molar-refractivity contribution is -0.204. The number of methoxy groups -OCH3 is 2. The van der Waals surface area contributed by atoms with Crippen molar-refractivity contribution in [1.82, 2.24) is 46.9 Å². The van der Waals surface area contributed by atoms with Gasteiger partial charge in [0.2, 0.25) is 23.6 Å². The minimum atomic E-state index is -2.68. The predicted molar refractivity (Wildman–Crippen MR) is 429 cm³/mol. The van der Waals surface area contributed by atoms with Gasteiger partial charge in [0.05, 0.1) is 38.6 Å². The third-order valence-corrected chi connectivity index (χ3v) is 28.2. The molecule has 6 heterocycles. The highest BCUT2D eigenvalue weighted by Gasteiger charge is 2.79. The highest BCUT2D eigenvalue weighted by molar-refractivity contribution is 8.76. The Hall–Kier alpha value is -8.03. The number of carboxylic acid groups (broad SMARTS) is 1. The van der Waals surface area contributed by atoms with Gasteiger partial charge in [-0.3, -0.25) is 44.0 Å². The number of anilines is 1. The zero-order valence-corrected chi connectivity index (χ0v) is 67.3. The number of thioether (sulfide) groups is 1. The number of aliphatic hydroxyl groups is 8. The zero-order chi connectivity index (χ0) is 81.8. The average molecular weight is 1640 g/mol.